The number of nitrogens with zero attached hydrogens (tertiary/aromatic N) is 1. The Kier molecular flexibility index (Phi) is 5.99. The summed E-state index contributed by atoms with van der Waals surface area (Å²) in [6.07, 6.45) is 5.69. The van der Waals surface area contributed by atoms with Gasteiger partial charge < -0.3 is 15.9 Å². The van der Waals surface area contributed by atoms with E-state index in [4.69, 9.17) is 5.73 Å². The fourth-order valence-corrected chi connectivity index (χ4v) is 3.51. The standard InChI is InChI=1S/C19H30N2O3/c1-4-5-13-10-16(13)14-6-7-21-15(9-14)11-19(24,18(22)23)17(20)8-12(2)3/h6-7,9,12-13,16-17,24H,4-5,8,10-11,20H2,1-3H3,(H,22,23)/t13-,16-,17+,19-/m1/s1. The zero-order chi connectivity index (χ0) is 17.9. The van der Waals surface area contributed by atoms with Gasteiger partial charge in [-0.25, -0.2) is 4.79 Å². The van der Waals surface area contributed by atoms with Crippen molar-refractivity contribution in [3.05, 3.63) is 29.6 Å². The largest absolute Gasteiger partial charge is 0.479 e. The molecule has 1 aliphatic rings. The van der Waals surface area contributed by atoms with Gasteiger partial charge >= 0.3 is 5.97 Å². The van der Waals surface area contributed by atoms with Gasteiger partial charge in [-0.1, -0.05) is 33.6 Å². The van der Waals surface area contributed by atoms with Crippen LogP contribution in [0.1, 0.15) is 63.6 Å². The first-order valence-electron chi connectivity index (χ1n) is 8.94. The number of carboxylic acids is 1. The minimum absolute atomic E-state index is 0.0603. The first-order valence-corrected chi connectivity index (χ1v) is 8.94. The molecule has 1 heterocycles. The summed E-state index contributed by atoms with van der Waals surface area (Å²) in [5.41, 5.74) is 5.83. The molecule has 0 aromatic carbocycles. The smallest absolute Gasteiger partial charge is 0.337 e. The van der Waals surface area contributed by atoms with Gasteiger partial charge in [0.15, 0.2) is 5.60 Å². The fourth-order valence-electron chi connectivity index (χ4n) is 3.51. The summed E-state index contributed by atoms with van der Waals surface area (Å²) in [5, 5.41) is 20.2. The minimum Gasteiger partial charge on any atom is -0.479 e. The highest BCUT2D eigenvalue weighted by Gasteiger charge is 2.43. The van der Waals surface area contributed by atoms with E-state index in [0.717, 1.165) is 5.92 Å². The van der Waals surface area contributed by atoms with E-state index >= 15 is 0 Å². The van der Waals surface area contributed by atoms with Crippen LogP contribution < -0.4 is 5.73 Å². The number of hydrogen-bond acceptors (Lipinski definition) is 4. The highest BCUT2D eigenvalue weighted by Crippen LogP contribution is 2.50. The lowest BCUT2D eigenvalue weighted by Crippen LogP contribution is -2.56. The van der Waals surface area contributed by atoms with Gasteiger partial charge in [0, 0.05) is 24.4 Å². The molecule has 1 aromatic heterocycles. The Morgan fingerprint density at radius 1 is 1.50 bits per heavy atom. The third-order valence-corrected chi connectivity index (χ3v) is 5.01. The molecule has 4 N–H and O–H groups in total. The molecular weight excluding hydrogens is 304 g/mol. The number of pyridine rings is 1. The summed E-state index contributed by atoms with van der Waals surface area (Å²) >= 11 is 0. The van der Waals surface area contributed by atoms with E-state index in [9.17, 15) is 15.0 Å². The molecule has 2 rings (SSSR count). The molecule has 24 heavy (non-hydrogen) atoms. The Morgan fingerprint density at radius 3 is 2.79 bits per heavy atom. The minimum atomic E-state index is -1.98. The predicted molar refractivity (Wildman–Crippen MR) is 93.7 cm³/mol. The molecule has 0 radical (unpaired) electrons. The van der Waals surface area contributed by atoms with Crippen LogP contribution in [0.4, 0.5) is 0 Å². The number of nitrogens with two attached hydrogens (primary N) is 1. The highest BCUT2D eigenvalue weighted by atomic mass is 16.4. The van der Waals surface area contributed by atoms with Crippen molar-refractivity contribution in [1.82, 2.24) is 4.98 Å². The molecule has 4 atom stereocenters. The maximum Gasteiger partial charge on any atom is 0.337 e. The SMILES string of the molecule is CCC[C@@H]1C[C@H]1c1ccnc(C[C@](O)(C(=O)O)[C@@H](N)CC(C)C)c1. The van der Waals surface area contributed by atoms with E-state index in [-0.39, 0.29) is 12.3 Å². The van der Waals surface area contributed by atoms with E-state index in [1.807, 2.05) is 26.0 Å². The zero-order valence-electron chi connectivity index (χ0n) is 14.9. The maximum absolute atomic E-state index is 11.7. The molecule has 0 spiro atoms. The number of aliphatic hydroxyl groups is 1. The molecule has 0 amide bonds. The van der Waals surface area contributed by atoms with Crippen molar-refractivity contribution in [3.8, 4) is 0 Å². The average Bonchev–Trinajstić information content (AvgIpc) is 3.26. The van der Waals surface area contributed by atoms with E-state index in [1.54, 1.807) is 6.20 Å². The quantitative estimate of drug-likeness (QED) is 0.645. The van der Waals surface area contributed by atoms with Crippen molar-refractivity contribution in [2.75, 3.05) is 0 Å². The Bertz CT molecular complexity index is 575. The van der Waals surface area contributed by atoms with Crippen molar-refractivity contribution in [3.63, 3.8) is 0 Å². The molecule has 0 bridgehead atoms. The zero-order valence-corrected chi connectivity index (χ0v) is 14.9. The first-order chi connectivity index (χ1) is 11.3. The normalized spacial score (nSPS) is 23.8. The molecular formula is C19H30N2O3. The van der Waals surface area contributed by atoms with Crippen LogP contribution in [0.15, 0.2) is 18.3 Å². The van der Waals surface area contributed by atoms with E-state index in [2.05, 4.69) is 11.9 Å². The number of rotatable bonds is 9. The van der Waals surface area contributed by atoms with E-state index < -0.39 is 17.6 Å². The average molecular weight is 334 g/mol. The number of aliphatic carboxylic acids is 1. The van der Waals surface area contributed by atoms with Gasteiger partial charge in [0.05, 0.1) is 0 Å². The van der Waals surface area contributed by atoms with Gasteiger partial charge in [-0.15, -0.1) is 0 Å². The van der Waals surface area contributed by atoms with Gasteiger partial charge in [0.2, 0.25) is 0 Å². The Labute approximate surface area is 144 Å². The highest BCUT2D eigenvalue weighted by molar-refractivity contribution is 5.78. The molecule has 1 fully saturated rings. The van der Waals surface area contributed by atoms with E-state index in [1.165, 1.54) is 24.8 Å². The summed E-state index contributed by atoms with van der Waals surface area (Å²) in [6, 6.07) is 3.11. The van der Waals surface area contributed by atoms with Crippen molar-refractivity contribution < 1.29 is 15.0 Å². The Morgan fingerprint density at radius 2 is 2.21 bits per heavy atom. The van der Waals surface area contributed by atoms with Crippen molar-refractivity contribution >= 4 is 5.97 Å². The van der Waals surface area contributed by atoms with Crippen molar-refractivity contribution in [2.24, 2.45) is 17.6 Å². The number of carboxylic acid groups (broad SMARTS) is 1. The summed E-state index contributed by atoms with van der Waals surface area (Å²) in [7, 11) is 0. The lowest BCUT2D eigenvalue weighted by Gasteiger charge is -2.30. The van der Waals surface area contributed by atoms with Crippen LogP contribution in [0.3, 0.4) is 0 Å². The van der Waals surface area contributed by atoms with Gasteiger partial charge in [-0.2, -0.15) is 0 Å². The molecule has 1 aliphatic carbocycles. The lowest BCUT2D eigenvalue weighted by molar-refractivity contribution is -0.161. The van der Waals surface area contributed by atoms with Crippen molar-refractivity contribution in [2.45, 2.75) is 70.4 Å². The van der Waals surface area contributed by atoms with Crippen LogP contribution in [-0.4, -0.2) is 32.8 Å². The summed E-state index contributed by atoms with van der Waals surface area (Å²) in [5.74, 6) is 0.213. The van der Waals surface area contributed by atoms with Gasteiger partial charge in [0.25, 0.3) is 0 Å². The summed E-state index contributed by atoms with van der Waals surface area (Å²) in [6.45, 7) is 6.11. The van der Waals surface area contributed by atoms with Crippen LogP contribution >= 0.6 is 0 Å². The molecule has 1 aromatic rings. The molecule has 5 heteroatoms. The van der Waals surface area contributed by atoms with Crippen LogP contribution in [0.5, 0.6) is 0 Å². The molecule has 0 saturated heterocycles. The van der Waals surface area contributed by atoms with Crippen molar-refractivity contribution in [1.29, 1.82) is 0 Å². The predicted octanol–water partition coefficient (Wildman–Crippen LogP) is 2.72. The van der Waals surface area contributed by atoms with Gasteiger partial charge in [-0.3, -0.25) is 4.98 Å². The third-order valence-electron chi connectivity index (χ3n) is 5.01. The molecule has 0 aliphatic heterocycles. The molecule has 134 valence electrons. The number of hydrogen-bond donors (Lipinski definition) is 3. The monoisotopic (exact) mass is 334 g/mol. The Hall–Kier alpha value is -1.46. The second-order valence-electron chi connectivity index (χ2n) is 7.61. The van der Waals surface area contributed by atoms with Crippen LogP contribution in [0.2, 0.25) is 0 Å². The fraction of sp³-hybridized carbons (Fsp3) is 0.684. The second kappa shape index (κ2) is 7.62. The lowest BCUT2D eigenvalue weighted by atomic mass is 9.84. The number of carbonyl (C=O) groups is 1. The van der Waals surface area contributed by atoms with Crippen LogP contribution in [-0.2, 0) is 11.2 Å². The maximum atomic E-state index is 11.7. The molecule has 0 unspecified atom stereocenters. The molecule has 5 nitrogen and oxygen atoms in total. The first kappa shape index (κ1) is 18.9. The topological polar surface area (TPSA) is 96.4 Å². The third kappa shape index (κ3) is 4.33. The van der Waals surface area contributed by atoms with E-state index in [0.29, 0.717) is 18.0 Å². The van der Waals surface area contributed by atoms with Crippen LogP contribution in [0, 0.1) is 11.8 Å². The second-order valence-corrected chi connectivity index (χ2v) is 7.61. The number of aromatic nitrogens is 1. The van der Waals surface area contributed by atoms with Crippen LogP contribution in [0.25, 0.3) is 0 Å². The van der Waals surface area contributed by atoms with Gasteiger partial charge in [-0.05, 0) is 48.3 Å². The Balaban J connectivity index is 2.14. The molecule has 1 saturated carbocycles. The summed E-state index contributed by atoms with van der Waals surface area (Å²) in [4.78, 5) is 15.9. The van der Waals surface area contributed by atoms with Gasteiger partial charge in [0.1, 0.15) is 0 Å². The summed E-state index contributed by atoms with van der Waals surface area (Å²) < 4.78 is 0.